The Bertz CT molecular complexity index is 531. The van der Waals surface area contributed by atoms with Gasteiger partial charge in [-0.3, -0.25) is 9.78 Å². The third kappa shape index (κ3) is 2.44. The number of para-hydroxylation sites is 1. The zero-order chi connectivity index (χ0) is 12.3. The first-order valence-electron chi connectivity index (χ1n) is 5.87. The van der Waals surface area contributed by atoms with Crippen LogP contribution in [0.3, 0.4) is 0 Å². The second kappa shape index (κ2) is 4.95. The van der Waals surface area contributed by atoms with Gasteiger partial charge in [-0.2, -0.15) is 0 Å². The number of fused-ring (bicyclic) bond motifs is 1. The van der Waals surface area contributed by atoms with E-state index in [0.29, 0.717) is 5.56 Å². The summed E-state index contributed by atoms with van der Waals surface area (Å²) in [6.07, 6.45) is 2.63. The maximum absolute atomic E-state index is 12.1. The molecule has 17 heavy (non-hydrogen) atoms. The molecule has 0 bridgehead atoms. The third-order valence-electron chi connectivity index (χ3n) is 2.87. The van der Waals surface area contributed by atoms with Crippen molar-refractivity contribution in [1.82, 2.24) is 10.3 Å². The molecule has 0 spiro atoms. The molecule has 1 heterocycles. The van der Waals surface area contributed by atoms with Gasteiger partial charge in [0.15, 0.2) is 0 Å². The number of hydrogen-bond donors (Lipinski definition) is 1. The first-order chi connectivity index (χ1) is 8.22. The second-order valence-electron chi connectivity index (χ2n) is 4.16. The number of rotatable bonds is 3. The predicted molar refractivity (Wildman–Crippen MR) is 69.0 cm³/mol. The monoisotopic (exact) mass is 228 g/mol. The summed E-state index contributed by atoms with van der Waals surface area (Å²) in [7, 11) is 0. The van der Waals surface area contributed by atoms with E-state index >= 15 is 0 Å². The van der Waals surface area contributed by atoms with Crippen LogP contribution in [0.25, 0.3) is 10.9 Å². The Morgan fingerprint density at radius 3 is 2.88 bits per heavy atom. The van der Waals surface area contributed by atoms with Crippen molar-refractivity contribution in [3.05, 3.63) is 42.1 Å². The number of carbonyl (C=O) groups excluding carboxylic acids is 1. The Morgan fingerprint density at radius 2 is 2.12 bits per heavy atom. The lowest BCUT2D eigenvalue weighted by Gasteiger charge is -2.12. The quantitative estimate of drug-likeness (QED) is 0.877. The van der Waals surface area contributed by atoms with E-state index in [1.807, 2.05) is 44.2 Å². The number of nitrogens with one attached hydrogen (secondary N) is 1. The van der Waals surface area contributed by atoms with Gasteiger partial charge < -0.3 is 5.32 Å². The molecule has 0 saturated heterocycles. The Balaban J connectivity index is 2.38. The van der Waals surface area contributed by atoms with Gasteiger partial charge in [-0.15, -0.1) is 0 Å². The highest BCUT2D eigenvalue weighted by Gasteiger charge is 2.12. The zero-order valence-corrected chi connectivity index (χ0v) is 10.1. The number of aromatic nitrogens is 1. The van der Waals surface area contributed by atoms with Crippen LogP contribution in [0, 0.1) is 0 Å². The van der Waals surface area contributed by atoms with Gasteiger partial charge in [0.2, 0.25) is 0 Å². The van der Waals surface area contributed by atoms with E-state index < -0.39 is 0 Å². The topological polar surface area (TPSA) is 42.0 Å². The average Bonchev–Trinajstić information content (AvgIpc) is 2.37. The molecule has 2 rings (SSSR count). The lowest BCUT2D eigenvalue weighted by Crippen LogP contribution is -2.32. The maximum Gasteiger partial charge on any atom is 0.253 e. The van der Waals surface area contributed by atoms with Gasteiger partial charge in [-0.1, -0.05) is 25.1 Å². The lowest BCUT2D eigenvalue weighted by molar-refractivity contribution is 0.0941. The highest BCUT2D eigenvalue weighted by atomic mass is 16.1. The molecule has 1 aromatic heterocycles. The molecule has 1 aromatic carbocycles. The summed E-state index contributed by atoms with van der Waals surface area (Å²) in [6.45, 7) is 4.04. The van der Waals surface area contributed by atoms with Crippen LogP contribution in [0.5, 0.6) is 0 Å². The van der Waals surface area contributed by atoms with E-state index in [1.165, 1.54) is 0 Å². The van der Waals surface area contributed by atoms with Crippen LogP contribution >= 0.6 is 0 Å². The molecule has 0 aliphatic heterocycles. The number of hydrogen-bond acceptors (Lipinski definition) is 2. The Morgan fingerprint density at radius 1 is 1.35 bits per heavy atom. The SMILES string of the molecule is CCC(C)NC(=O)c1cccc2cccnc12. The summed E-state index contributed by atoms with van der Waals surface area (Å²) in [4.78, 5) is 16.4. The van der Waals surface area contributed by atoms with Crippen molar-refractivity contribution in [1.29, 1.82) is 0 Å². The van der Waals surface area contributed by atoms with Crippen molar-refractivity contribution in [2.45, 2.75) is 26.3 Å². The van der Waals surface area contributed by atoms with Crippen molar-refractivity contribution >= 4 is 16.8 Å². The number of nitrogens with zero attached hydrogens (tertiary/aromatic N) is 1. The minimum atomic E-state index is -0.0522. The van der Waals surface area contributed by atoms with E-state index in [0.717, 1.165) is 17.3 Å². The van der Waals surface area contributed by atoms with E-state index in [1.54, 1.807) is 6.20 Å². The molecule has 0 fully saturated rings. The van der Waals surface area contributed by atoms with Gasteiger partial charge in [-0.05, 0) is 25.5 Å². The molecule has 2 aromatic rings. The predicted octanol–water partition coefficient (Wildman–Crippen LogP) is 2.76. The van der Waals surface area contributed by atoms with Crippen LogP contribution < -0.4 is 5.32 Å². The first-order valence-corrected chi connectivity index (χ1v) is 5.87. The molecule has 1 unspecified atom stereocenters. The van der Waals surface area contributed by atoms with Gasteiger partial charge >= 0.3 is 0 Å². The van der Waals surface area contributed by atoms with Crippen LogP contribution in [0.4, 0.5) is 0 Å². The molecule has 0 saturated carbocycles. The molecule has 3 nitrogen and oxygen atoms in total. The average molecular weight is 228 g/mol. The van der Waals surface area contributed by atoms with Gasteiger partial charge in [0.05, 0.1) is 11.1 Å². The smallest absolute Gasteiger partial charge is 0.253 e. The molecule has 1 atom stereocenters. The molecule has 88 valence electrons. The Labute approximate surface area is 101 Å². The summed E-state index contributed by atoms with van der Waals surface area (Å²) in [5.41, 5.74) is 1.40. The van der Waals surface area contributed by atoms with Crippen LogP contribution in [-0.4, -0.2) is 16.9 Å². The van der Waals surface area contributed by atoms with Gasteiger partial charge in [-0.25, -0.2) is 0 Å². The number of carbonyl (C=O) groups is 1. The molecule has 0 radical (unpaired) electrons. The van der Waals surface area contributed by atoms with Crippen molar-refractivity contribution in [2.24, 2.45) is 0 Å². The standard InChI is InChI=1S/C14H16N2O/c1-3-10(2)16-14(17)12-8-4-6-11-7-5-9-15-13(11)12/h4-10H,3H2,1-2H3,(H,16,17). The molecule has 0 aliphatic rings. The van der Waals surface area contributed by atoms with E-state index in [4.69, 9.17) is 0 Å². The fraction of sp³-hybridized carbons (Fsp3) is 0.286. The number of pyridine rings is 1. The minimum Gasteiger partial charge on any atom is -0.350 e. The fourth-order valence-electron chi connectivity index (χ4n) is 1.69. The molecule has 1 N–H and O–H groups in total. The lowest BCUT2D eigenvalue weighted by atomic mass is 10.1. The maximum atomic E-state index is 12.1. The minimum absolute atomic E-state index is 0.0522. The van der Waals surface area contributed by atoms with Crippen LogP contribution in [0.15, 0.2) is 36.5 Å². The Kier molecular flexibility index (Phi) is 3.38. The molecule has 3 heteroatoms. The van der Waals surface area contributed by atoms with Crippen LogP contribution in [0.2, 0.25) is 0 Å². The Hall–Kier alpha value is -1.90. The van der Waals surface area contributed by atoms with Crippen molar-refractivity contribution in [3.63, 3.8) is 0 Å². The summed E-state index contributed by atoms with van der Waals surface area (Å²) in [5, 5.41) is 3.95. The van der Waals surface area contributed by atoms with E-state index in [9.17, 15) is 4.79 Å². The largest absolute Gasteiger partial charge is 0.350 e. The fourth-order valence-corrected chi connectivity index (χ4v) is 1.69. The van der Waals surface area contributed by atoms with Crippen LogP contribution in [0.1, 0.15) is 30.6 Å². The van der Waals surface area contributed by atoms with E-state index in [-0.39, 0.29) is 11.9 Å². The van der Waals surface area contributed by atoms with Gasteiger partial charge in [0.25, 0.3) is 5.91 Å². The normalized spacial score (nSPS) is 12.4. The molecular formula is C14H16N2O. The highest BCUT2D eigenvalue weighted by Crippen LogP contribution is 2.15. The summed E-state index contributed by atoms with van der Waals surface area (Å²) < 4.78 is 0. The van der Waals surface area contributed by atoms with Gasteiger partial charge in [0.1, 0.15) is 0 Å². The summed E-state index contributed by atoms with van der Waals surface area (Å²) in [5.74, 6) is -0.0522. The summed E-state index contributed by atoms with van der Waals surface area (Å²) >= 11 is 0. The highest BCUT2D eigenvalue weighted by molar-refractivity contribution is 6.05. The number of benzene rings is 1. The first kappa shape index (κ1) is 11.6. The van der Waals surface area contributed by atoms with Gasteiger partial charge in [0, 0.05) is 17.6 Å². The van der Waals surface area contributed by atoms with Crippen molar-refractivity contribution in [3.8, 4) is 0 Å². The van der Waals surface area contributed by atoms with Crippen molar-refractivity contribution in [2.75, 3.05) is 0 Å². The third-order valence-corrected chi connectivity index (χ3v) is 2.87. The second-order valence-corrected chi connectivity index (χ2v) is 4.16. The van der Waals surface area contributed by atoms with Crippen molar-refractivity contribution < 1.29 is 4.79 Å². The summed E-state index contributed by atoms with van der Waals surface area (Å²) in [6, 6.07) is 9.67. The zero-order valence-electron chi connectivity index (χ0n) is 10.1. The molecule has 1 amide bonds. The molecule has 0 aliphatic carbocycles. The van der Waals surface area contributed by atoms with Crippen LogP contribution in [-0.2, 0) is 0 Å². The van der Waals surface area contributed by atoms with E-state index in [2.05, 4.69) is 10.3 Å². The number of amides is 1. The molecular weight excluding hydrogens is 212 g/mol.